The lowest BCUT2D eigenvalue weighted by atomic mass is 10.1. The lowest BCUT2D eigenvalue weighted by molar-refractivity contribution is -0.385. The van der Waals surface area contributed by atoms with E-state index in [1.807, 2.05) is 18.5 Å². The van der Waals surface area contributed by atoms with Gasteiger partial charge in [0.2, 0.25) is 0 Å². The van der Waals surface area contributed by atoms with Crippen molar-refractivity contribution in [1.29, 1.82) is 0 Å². The van der Waals surface area contributed by atoms with Crippen molar-refractivity contribution >= 4 is 17.5 Å². The van der Waals surface area contributed by atoms with Gasteiger partial charge in [0.15, 0.2) is 5.78 Å². The topological polar surface area (TPSA) is 78.0 Å². The molecule has 2 aromatic rings. The molecule has 0 bridgehead atoms. The van der Waals surface area contributed by atoms with Crippen LogP contribution in [-0.4, -0.2) is 20.5 Å². The Bertz CT molecular complexity index is 717. The molecule has 21 heavy (non-hydrogen) atoms. The summed E-state index contributed by atoms with van der Waals surface area (Å²) in [6.07, 6.45) is 4.64. The fourth-order valence-corrected chi connectivity index (χ4v) is 2.04. The smallest absolute Gasteiger partial charge is 0.280 e. The highest BCUT2D eigenvalue weighted by molar-refractivity contribution is 6.09. The number of nitro benzene ring substituents is 1. The van der Waals surface area contributed by atoms with Crippen LogP contribution in [0.5, 0.6) is 0 Å². The molecule has 0 unspecified atom stereocenters. The second-order valence-electron chi connectivity index (χ2n) is 4.47. The lowest BCUT2D eigenvalue weighted by Crippen LogP contribution is -2.01. The van der Waals surface area contributed by atoms with Gasteiger partial charge in [-0.2, -0.15) is 5.10 Å². The van der Waals surface area contributed by atoms with E-state index < -0.39 is 10.7 Å². The minimum Gasteiger partial charge on any atom is -0.289 e. The third kappa shape index (κ3) is 3.05. The average Bonchev–Trinajstić information content (AvgIpc) is 2.85. The largest absolute Gasteiger partial charge is 0.289 e. The summed E-state index contributed by atoms with van der Waals surface area (Å²) in [5.41, 5.74) is 1.67. The molecular weight excluding hydrogens is 270 g/mol. The normalized spacial score (nSPS) is 11.0. The molecule has 6 heteroatoms. The number of hydrogen-bond acceptors (Lipinski definition) is 4. The zero-order chi connectivity index (χ0) is 15.4. The van der Waals surface area contributed by atoms with Gasteiger partial charge in [0.25, 0.3) is 5.69 Å². The number of carbonyl (C=O) groups is 1. The Labute approximate surface area is 121 Å². The van der Waals surface area contributed by atoms with Crippen molar-refractivity contribution in [3.8, 4) is 0 Å². The monoisotopic (exact) mass is 285 g/mol. The molecule has 1 heterocycles. The van der Waals surface area contributed by atoms with E-state index in [0.29, 0.717) is 0 Å². The molecule has 0 atom stereocenters. The molecule has 6 nitrogen and oxygen atoms in total. The second kappa shape index (κ2) is 6.13. The number of allylic oxidation sites excluding steroid dienone is 1. The molecule has 2 rings (SSSR count). The van der Waals surface area contributed by atoms with E-state index in [2.05, 4.69) is 5.10 Å². The van der Waals surface area contributed by atoms with Crippen molar-refractivity contribution in [1.82, 2.24) is 9.78 Å². The third-order valence-corrected chi connectivity index (χ3v) is 3.22. The fourth-order valence-electron chi connectivity index (χ4n) is 2.04. The molecule has 0 aliphatic heterocycles. The van der Waals surface area contributed by atoms with Crippen LogP contribution in [0.3, 0.4) is 0 Å². The van der Waals surface area contributed by atoms with Crippen molar-refractivity contribution in [2.75, 3.05) is 0 Å². The van der Waals surface area contributed by atoms with Gasteiger partial charge < -0.3 is 0 Å². The van der Waals surface area contributed by atoms with Crippen LogP contribution >= 0.6 is 0 Å². The van der Waals surface area contributed by atoms with Crippen molar-refractivity contribution in [2.24, 2.45) is 0 Å². The fraction of sp³-hybridized carbons (Fsp3) is 0.200. The molecule has 0 aliphatic carbocycles. The van der Waals surface area contributed by atoms with Crippen LogP contribution in [0.25, 0.3) is 6.08 Å². The molecular formula is C15H15N3O3. The van der Waals surface area contributed by atoms with Gasteiger partial charge in [0.05, 0.1) is 16.7 Å². The first-order valence-electron chi connectivity index (χ1n) is 6.52. The summed E-state index contributed by atoms with van der Waals surface area (Å²) in [7, 11) is 0. The Morgan fingerprint density at radius 2 is 2.14 bits per heavy atom. The van der Waals surface area contributed by atoms with E-state index in [0.717, 1.165) is 17.8 Å². The highest BCUT2D eigenvalue weighted by atomic mass is 16.6. The molecule has 1 aromatic heterocycles. The number of nitrogens with zero attached hydrogens (tertiary/aromatic N) is 3. The summed E-state index contributed by atoms with van der Waals surface area (Å²) in [5.74, 6) is -0.397. The molecule has 0 saturated carbocycles. The highest BCUT2D eigenvalue weighted by Crippen LogP contribution is 2.19. The second-order valence-corrected chi connectivity index (χ2v) is 4.47. The zero-order valence-corrected chi connectivity index (χ0v) is 11.8. The minimum absolute atomic E-state index is 0.0827. The first-order valence-corrected chi connectivity index (χ1v) is 6.52. The maximum Gasteiger partial charge on any atom is 0.280 e. The van der Waals surface area contributed by atoms with Crippen LogP contribution < -0.4 is 0 Å². The first-order chi connectivity index (χ1) is 10.0. The number of rotatable bonds is 5. The quantitative estimate of drug-likeness (QED) is 0.366. The van der Waals surface area contributed by atoms with Crippen LogP contribution in [0.2, 0.25) is 0 Å². The van der Waals surface area contributed by atoms with Gasteiger partial charge in [0, 0.05) is 23.9 Å². The zero-order valence-electron chi connectivity index (χ0n) is 11.8. The van der Waals surface area contributed by atoms with Gasteiger partial charge >= 0.3 is 0 Å². The first kappa shape index (κ1) is 14.6. The lowest BCUT2D eigenvalue weighted by Gasteiger charge is -1.99. The molecule has 0 radical (unpaired) electrons. The van der Waals surface area contributed by atoms with Crippen LogP contribution in [0.15, 0.2) is 36.5 Å². The average molecular weight is 285 g/mol. The van der Waals surface area contributed by atoms with Gasteiger partial charge in [-0.1, -0.05) is 12.1 Å². The number of para-hydroxylation sites is 1. The number of ketones is 1. The van der Waals surface area contributed by atoms with E-state index in [1.54, 1.807) is 18.3 Å². The maximum absolute atomic E-state index is 12.1. The number of carbonyl (C=O) groups excluding carboxylic acids is 1. The summed E-state index contributed by atoms with van der Waals surface area (Å²) in [5, 5.41) is 15.1. The minimum atomic E-state index is -0.554. The van der Waals surface area contributed by atoms with Gasteiger partial charge in [-0.05, 0) is 32.1 Å². The van der Waals surface area contributed by atoms with Crippen LogP contribution in [-0.2, 0) is 6.54 Å². The van der Waals surface area contributed by atoms with Crippen molar-refractivity contribution in [3.05, 3.63) is 63.5 Å². The number of aromatic nitrogens is 2. The molecule has 0 fully saturated rings. The maximum atomic E-state index is 12.1. The molecule has 1 aromatic carbocycles. The number of hydrogen-bond donors (Lipinski definition) is 0. The highest BCUT2D eigenvalue weighted by Gasteiger charge is 2.17. The summed E-state index contributed by atoms with van der Waals surface area (Å²) in [4.78, 5) is 22.5. The van der Waals surface area contributed by atoms with E-state index in [9.17, 15) is 14.9 Å². The SMILES string of the molecule is CCn1ncc(/C=C/C(=O)c2ccccc2[N+](=O)[O-])c1C. The summed E-state index contributed by atoms with van der Waals surface area (Å²) < 4.78 is 1.81. The van der Waals surface area contributed by atoms with Crippen LogP contribution in [0.1, 0.15) is 28.5 Å². The van der Waals surface area contributed by atoms with Crippen molar-refractivity contribution < 1.29 is 9.72 Å². The van der Waals surface area contributed by atoms with E-state index >= 15 is 0 Å². The number of benzene rings is 1. The molecule has 0 amide bonds. The van der Waals surface area contributed by atoms with E-state index in [4.69, 9.17) is 0 Å². The number of aryl methyl sites for hydroxylation is 1. The molecule has 0 spiro atoms. The number of nitro groups is 1. The molecule has 0 saturated heterocycles. The van der Waals surface area contributed by atoms with Gasteiger partial charge in [0.1, 0.15) is 0 Å². The van der Waals surface area contributed by atoms with Crippen LogP contribution in [0.4, 0.5) is 5.69 Å². The predicted octanol–water partition coefficient (Wildman–Crippen LogP) is 3.02. The Balaban J connectivity index is 2.27. The summed E-state index contributed by atoms with van der Waals surface area (Å²) in [6.45, 7) is 4.63. The standard InChI is InChI=1S/C15H15N3O3/c1-3-17-11(2)12(10-16-17)8-9-15(19)13-6-4-5-7-14(13)18(20)21/h4-10H,3H2,1-2H3/b9-8+. The van der Waals surface area contributed by atoms with Gasteiger partial charge in [-0.3, -0.25) is 19.6 Å². The molecule has 108 valence electrons. The molecule has 0 N–H and O–H groups in total. The van der Waals surface area contributed by atoms with Crippen LogP contribution in [0, 0.1) is 17.0 Å². The van der Waals surface area contributed by atoms with Gasteiger partial charge in [-0.25, -0.2) is 0 Å². The van der Waals surface area contributed by atoms with Crippen molar-refractivity contribution in [2.45, 2.75) is 20.4 Å². The Morgan fingerprint density at radius 3 is 2.76 bits per heavy atom. The predicted molar refractivity (Wildman–Crippen MR) is 79.1 cm³/mol. The van der Waals surface area contributed by atoms with E-state index in [1.165, 1.54) is 24.3 Å². The third-order valence-electron chi connectivity index (χ3n) is 3.22. The van der Waals surface area contributed by atoms with E-state index in [-0.39, 0.29) is 11.3 Å². The summed E-state index contributed by atoms with van der Waals surface area (Å²) in [6, 6.07) is 5.91. The Hall–Kier alpha value is -2.76. The van der Waals surface area contributed by atoms with Gasteiger partial charge in [-0.15, -0.1) is 0 Å². The Kier molecular flexibility index (Phi) is 4.27. The molecule has 0 aliphatic rings. The summed E-state index contributed by atoms with van der Waals surface area (Å²) >= 11 is 0. The van der Waals surface area contributed by atoms with Crippen molar-refractivity contribution in [3.63, 3.8) is 0 Å². The Morgan fingerprint density at radius 1 is 1.43 bits per heavy atom.